The van der Waals surface area contributed by atoms with Crippen LogP contribution in [-0.4, -0.2) is 68.5 Å². The first-order chi connectivity index (χ1) is 39.5. The van der Waals surface area contributed by atoms with Crippen molar-refractivity contribution in [2.45, 2.75) is 302 Å². The fourth-order valence-corrected chi connectivity index (χ4v) is 10.2. The Labute approximate surface area is 501 Å². The SMILES string of the molecule is CC/C=C\C/C=C\C/C=C\C/C=C\C/C=C\C/C=C\C/C=C\C/C=C\CCCCCCC(=O)NC(COP(=O)([O-])OCC[N+](C)(C)C)C(O)/C=C/CCCCCCCCCCCCCCCCCCCCCCCCCCCCCC. The number of quaternary nitrogens is 1. The summed E-state index contributed by atoms with van der Waals surface area (Å²) < 4.78 is 23.4. The third-order valence-electron chi connectivity index (χ3n) is 14.7. The smallest absolute Gasteiger partial charge is 0.268 e. The second kappa shape index (κ2) is 61.7. The Morgan fingerprint density at radius 2 is 0.753 bits per heavy atom. The molecule has 0 bridgehead atoms. The standard InChI is InChI=1S/C72H129N2O6P/c1-6-8-10-12-14-16-18-20-22-24-26-28-30-32-34-36-38-39-41-43-45-47-49-51-53-55-57-59-61-63-65-71(75)70(69-80-81(77,78)79-68-67-74(3,4)5)73-72(76)66-64-62-60-58-56-54-52-50-48-46-44-42-40-37-35-33-31-29-27-25-23-21-19-17-15-13-11-9-7-2/h9,11,15,17,21,23,27,29,33,35,40,42,46,48,52,54,63,65,70-71,75H,6-8,10,12-14,16,18-20,22,24-26,28,30-32,34,36-39,41,43-45,47,49-51,53,55-62,64,66-69H2,1-5H3,(H-,73,76,77,78)/b11-9-,17-15-,23-21-,29-27-,35-33-,42-40-,48-46-,54-52-,65-63+. The Morgan fingerprint density at radius 3 is 1.10 bits per heavy atom. The van der Waals surface area contributed by atoms with Crippen LogP contribution in [0.2, 0.25) is 0 Å². The molecule has 0 heterocycles. The summed E-state index contributed by atoms with van der Waals surface area (Å²) in [7, 11) is 1.23. The minimum Gasteiger partial charge on any atom is -0.756 e. The van der Waals surface area contributed by atoms with Crippen molar-refractivity contribution in [3.8, 4) is 0 Å². The monoisotopic (exact) mass is 1150 g/mol. The van der Waals surface area contributed by atoms with E-state index in [1.165, 1.54) is 167 Å². The zero-order chi connectivity index (χ0) is 59.1. The first kappa shape index (κ1) is 78.2. The number of nitrogens with one attached hydrogen (secondary N) is 1. The molecule has 2 N–H and O–H groups in total. The number of unbranched alkanes of at least 4 members (excludes halogenated alkanes) is 32. The molecule has 0 radical (unpaired) electrons. The van der Waals surface area contributed by atoms with Gasteiger partial charge < -0.3 is 28.8 Å². The summed E-state index contributed by atoms with van der Waals surface area (Å²) in [4.78, 5) is 25.6. The Bertz CT molecular complexity index is 1690. The molecule has 3 atom stereocenters. The van der Waals surface area contributed by atoms with Crippen molar-refractivity contribution in [3.63, 3.8) is 0 Å². The molecule has 468 valence electrons. The summed E-state index contributed by atoms with van der Waals surface area (Å²) in [5, 5.41) is 13.9. The van der Waals surface area contributed by atoms with Gasteiger partial charge in [0.25, 0.3) is 7.82 Å². The van der Waals surface area contributed by atoms with Gasteiger partial charge in [0.05, 0.1) is 39.9 Å². The van der Waals surface area contributed by atoms with Crippen molar-refractivity contribution in [2.75, 3.05) is 40.9 Å². The summed E-state index contributed by atoms with van der Waals surface area (Å²) in [5.41, 5.74) is 0. The number of likely N-dealkylation sites (N-methyl/N-ethyl adjacent to an activating group) is 1. The van der Waals surface area contributed by atoms with Crippen molar-refractivity contribution in [3.05, 3.63) is 109 Å². The predicted molar refractivity (Wildman–Crippen MR) is 352 cm³/mol. The predicted octanol–water partition coefficient (Wildman–Crippen LogP) is 20.9. The van der Waals surface area contributed by atoms with E-state index in [4.69, 9.17) is 9.05 Å². The number of aliphatic hydroxyl groups is 1. The molecule has 0 fully saturated rings. The van der Waals surface area contributed by atoms with Gasteiger partial charge in [-0.1, -0.05) is 309 Å². The number of nitrogens with zero attached hydrogens (tertiary/aromatic N) is 1. The number of phosphoric ester groups is 1. The van der Waals surface area contributed by atoms with Gasteiger partial charge in [0.1, 0.15) is 13.2 Å². The lowest BCUT2D eigenvalue weighted by molar-refractivity contribution is -0.870. The van der Waals surface area contributed by atoms with Gasteiger partial charge in [0, 0.05) is 6.42 Å². The Kier molecular flexibility index (Phi) is 59.5. The van der Waals surface area contributed by atoms with Crippen LogP contribution in [0.3, 0.4) is 0 Å². The quantitative estimate of drug-likeness (QED) is 0.0272. The van der Waals surface area contributed by atoms with Crippen molar-refractivity contribution < 1.29 is 32.9 Å². The molecule has 0 rings (SSSR count). The summed E-state index contributed by atoms with van der Waals surface area (Å²) in [6, 6.07) is -0.911. The third kappa shape index (κ3) is 64.6. The van der Waals surface area contributed by atoms with Gasteiger partial charge in [-0.2, -0.15) is 0 Å². The van der Waals surface area contributed by atoms with Crippen LogP contribution >= 0.6 is 7.82 Å². The van der Waals surface area contributed by atoms with Crippen LogP contribution in [-0.2, 0) is 18.4 Å². The number of hydrogen-bond acceptors (Lipinski definition) is 6. The topological polar surface area (TPSA) is 108 Å². The fraction of sp³-hybridized carbons (Fsp3) is 0.736. The van der Waals surface area contributed by atoms with Gasteiger partial charge in [-0.05, 0) is 83.5 Å². The number of allylic oxidation sites excluding steroid dienone is 17. The zero-order valence-corrected chi connectivity index (χ0v) is 54.4. The molecule has 1 amide bonds. The molecule has 0 aliphatic rings. The normalized spacial score (nSPS) is 14.4. The lowest BCUT2D eigenvalue weighted by Gasteiger charge is -2.29. The van der Waals surface area contributed by atoms with Gasteiger partial charge in [0.2, 0.25) is 5.91 Å². The Hall–Kier alpha value is -2.84. The number of aliphatic hydroxyl groups excluding tert-OH is 1. The molecule has 8 nitrogen and oxygen atoms in total. The van der Waals surface area contributed by atoms with E-state index in [0.717, 1.165) is 103 Å². The van der Waals surface area contributed by atoms with Crippen molar-refractivity contribution in [1.29, 1.82) is 0 Å². The second-order valence-electron chi connectivity index (χ2n) is 23.8. The van der Waals surface area contributed by atoms with E-state index in [-0.39, 0.29) is 12.5 Å². The van der Waals surface area contributed by atoms with E-state index in [1.807, 2.05) is 27.2 Å². The summed E-state index contributed by atoms with van der Waals surface area (Å²) in [5.74, 6) is -0.223. The van der Waals surface area contributed by atoms with E-state index in [9.17, 15) is 19.4 Å². The fourth-order valence-electron chi connectivity index (χ4n) is 9.52. The average molecular weight is 1150 g/mol. The molecule has 0 aromatic heterocycles. The average Bonchev–Trinajstić information content (AvgIpc) is 3.43. The van der Waals surface area contributed by atoms with Gasteiger partial charge in [-0.15, -0.1) is 0 Å². The Balaban J connectivity index is 4.20. The first-order valence-corrected chi connectivity index (χ1v) is 35.2. The molecular formula is C72H129N2O6P. The van der Waals surface area contributed by atoms with Crippen LogP contribution in [0.4, 0.5) is 0 Å². The number of phosphoric acid groups is 1. The zero-order valence-electron chi connectivity index (χ0n) is 53.5. The minimum atomic E-state index is -4.62. The van der Waals surface area contributed by atoms with E-state index in [2.05, 4.69) is 116 Å². The molecule has 0 aromatic carbocycles. The maximum atomic E-state index is 13.0. The molecule has 9 heteroatoms. The second-order valence-corrected chi connectivity index (χ2v) is 25.2. The number of hydrogen-bond donors (Lipinski definition) is 2. The number of carbonyl (C=O) groups excluding carboxylic acids is 1. The molecule has 0 aliphatic carbocycles. The molecule has 0 aliphatic heterocycles. The molecule has 0 saturated heterocycles. The first-order valence-electron chi connectivity index (χ1n) is 33.7. The van der Waals surface area contributed by atoms with E-state index in [0.29, 0.717) is 17.4 Å². The third-order valence-corrected chi connectivity index (χ3v) is 15.7. The molecule has 3 unspecified atom stereocenters. The Morgan fingerprint density at radius 1 is 0.444 bits per heavy atom. The summed E-state index contributed by atoms with van der Waals surface area (Å²) in [6.07, 6.45) is 90.5. The lowest BCUT2D eigenvalue weighted by atomic mass is 10.0. The highest BCUT2D eigenvalue weighted by atomic mass is 31.2. The van der Waals surface area contributed by atoms with E-state index >= 15 is 0 Å². The number of carbonyl (C=O) groups is 1. The van der Waals surface area contributed by atoms with Crippen LogP contribution in [0.15, 0.2) is 109 Å². The maximum absolute atomic E-state index is 13.0. The van der Waals surface area contributed by atoms with Gasteiger partial charge >= 0.3 is 0 Å². The van der Waals surface area contributed by atoms with Crippen molar-refractivity contribution in [1.82, 2.24) is 5.32 Å². The van der Waals surface area contributed by atoms with Crippen LogP contribution < -0.4 is 10.2 Å². The van der Waals surface area contributed by atoms with E-state index < -0.39 is 26.6 Å². The minimum absolute atomic E-state index is 0.0119. The van der Waals surface area contributed by atoms with Crippen LogP contribution in [0, 0.1) is 0 Å². The molecule has 0 saturated carbocycles. The van der Waals surface area contributed by atoms with Crippen molar-refractivity contribution in [2.24, 2.45) is 0 Å². The van der Waals surface area contributed by atoms with Crippen LogP contribution in [0.1, 0.15) is 290 Å². The molecule has 81 heavy (non-hydrogen) atoms. The molecule has 0 aromatic rings. The lowest BCUT2D eigenvalue weighted by Crippen LogP contribution is -2.45. The highest BCUT2D eigenvalue weighted by molar-refractivity contribution is 7.45. The highest BCUT2D eigenvalue weighted by Gasteiger charge is 2.23. The number of rotatable bonds is 61. The van der Waals surface area contributed by atoms with Crippen molar-refractivity contribution >= 4 is 13.7 Å². The highest BCUT2D eigenvalue weighted by Crippen LogP contribution is 2.38. The van der Waals surface area contributed by atoms with Crippen LogP contribution in [0.5, 0.6) is 0 Å². The largest absolute Gasteiger partial charge is 0.756 e. The molecule has 0 spiro atoms. The van der Waals surface area contributed by atoms with Gasteiger partial charge in [-0.3, -0.25) is 9.36 Å². The summed E-state index contributed by atoms with van der Waals surface area (Å²) in [6.45, 7) is 4.53. The number of amides is 1. The van der Waals surface area contributed by atoms with E-state index in [1.54, 1.807) is 6.08 Å². The van der Waals surface area contributed by atoms with Crippen LogP contribution in [0.25, 0.3) is 0 Å². The molecular weight excluding hydrogens is 1020 g/mol. The van der Waals surface area contributed by atoms with Gasteiger partial charge in [0.15, 0.2) is 0 Å². The van der Waals surface area contributed by atoms with Gasteiger partial charge in [-0.25, -0.2) is 0 Å². The maximum Gasteiger partial charge on any atom is 0.268 e. The summed E-state index contributed by atoms with van der Waals surface area (Å²) >= 11 is 0.